The van der Waals surface area contributed by atoms with Crippen LogP contribution in [0.3, 0.4) is 0 Å². The van der Waals surface area contributed by atoms with Gasteiger partial charge in [-0.15, -0.1) is 0 Å². The molecule has 6 atom stereocenters. The number of esters is 1. The van der Waals surface area contributed by atoms with Crippen molar-refractivity contribution in [1.29, 1.82) is 0 Å². The highest BCUT2D eigenvalue weighted by Crippen LogP contribution is 2.60. The highest BCUT2D eigenvalue weighted by molar-refractivity contribution is 9.12. The van der Waals surface area contributed by atoms with Crippen LogP contribution in [0.15, 0.2) is 24.3 Å². The Balaban J connectivity index is 1.34. The number of amides is 2. The predicted molar refractivity (Wildman–Crippen MR) is 109 cm³/mol. The van der Waals surface area contributed by atoms with Crippen molar-refractivity contribution in [2.45, 2.75) is 16.1 Å². The molecule has 11 heteroatoms. The van der Waals surface area contributed by atoms with Crippen molar-refractivity contribution in [3.63, 3.8) is 0 Å². The number of carbonyl (C=O) groups is 4. The Morgan fingerprint density at radius 3 is 2.10 bits per heavy atom. The Labute approximate surface area is 187 Å². The molecule has 30 heavy (non-hydrogen) atoms. The second-order valence-electron chi connectivity index (χ2n) is 7.65. The average molecular weight is 544 g/mol. The highest BCUT2D eigenvalue weighted by atomic mass is 79.9. The number of hydrogen-bond acceptors (Lipinski definition) is 7. The average Bonchev–Trinajstić information content (AvgIpc) is 3.33. The molecule has 0 N–H and O–H groups in total. The smallest absolute Gasteiger partial charge is 0.326 e. The summed E-state index contributed by atoms with van der Waals surface area (Å²) in [4.78, 5) is 61.0. The van der Waals surface area contributed by atoms with E-state index in [-0.39, 0.29) is 44.6 Å². The van der Waals surface area contributed by atoms with Crippen molar-refractivity contribution in [3.05, 3.63) is 39.9 Å². The van der Waals surface area contributed by atoms with Crippen LogP contribution < -0.4 is 0 Å². The molecular formula is C19H16Br2N2O7. The summed E-state index contributed by atoms with van der Waals surface area (Å²) < 4.78 is 4.94. The summed E-state index contributed by atoms with van der Waals surface area (Å²) in [7, 11) is 0. The van der Waals surface area contributed by atoms with Gasteiger partial charge in [-0.25, -0.2) is 0 Å². The molecule has 2 amide bonds. The van der Waals surface area contributed by atoms with Crippen LogP contribution in [0.5, 0.6) is 0 Å². The second-order valence-corrected chi connectivity index (χ2v) is 9.77. The van der Waals surface area contributed by atoms with Crippen LogP contribution >= 0.6 is 31.9 Å². The molecule has 0 radical (unpaired) electrons. The van der Waals surface area contributed by atoms with Crippen molar-refractivity contribution < 1.29 is 28.8 Å². The Morgan fingerprint density at radius 2 is 1.60 bits per heavy atom. The van der Waals surface area contributed by atoms with Crippen LogP contribution in [0.1, 0.15) is 16.8 Å². The zero-order valence-corrected chi connectivity index (χ0v) is 18.6. The number of nitro groups is 1. The third kappa shape index (κ3) is 3.37. The lowest BCUT2D eigenvalue weighted by Gasteiger charge is -2.28. The number of imide groups is 1. The van der Waals surface area contributed by atoms with Gasteiger partial charge in [0.2, 0.25) is 11.8 Å². The van der Waals surface area contributed by atoms with Crippen LogP contribution in [-0.2, 0) is 19.1 Å². The van der Waals surface area contributed by atoms with Gasteiger partial charge in [-0.05, 0) is 30.4 Å². The number of ketones is 1. The van der Waals surface area contributed by atoms with Gasteiger partial charge in [0.15, 0.2) is 12.4 Å². The maximum Gasteiger partial charge on any atom is 0.326 e. The lowest BCUT2D eigenvalue weighted by atomic mass is 9.81. The van der Waals surface area contributed by atoms with Crippen molar-refractivity contribution in [2.24, 2.45) is 23.7 Å². The molecule has 0 spiro atoms. The fourth-order valence-electron chi connectivity index (χ4n) is 4.74. The number of carbonyl (C=O) groups excluding carboxylic acids is 4. The summed E-state index contributed by atoms with van der Waals surface area (Å²) in [6.07, 6.45) is 0.792. The van der Waals surface area contributed by atoms with Gasteiger partial charge in [0.25, 0.3) is 5.69 Å². The number of benzene rings is 1. The maximum atomic E-state index is 12.8. The standard InChI is InChI=1S/C19H16Br2N2O7/c20-16-10-5-11(17(16)21)15-14(10)18(26)22(19(15)27)6-13(25)30-7-12(24)8-1-3-9(4-2-8)23(28)29/h1-4,10-11,14-17H,5-7H2/t10-,11-,14-,15-,16+,17+/m1/s1. The Hall–Kier alpha value is -2.14. The number of fused-ring (bicyclic) bond motifs is 5. The largest absolute Gasteiger partial charge is 0.456 e. The fraction of sp³-hybridized carbons (Fsp3) is 0.474. The van der Waals surface area contributed by atoms with Crippen LogP contribution in [0, 0.1) is 33.8 Å². The van der Waals surface area contributed by atoms with Crippen molar-refractivity contribution in [2.75, 3.05) is 13.2 Å². The van der Waals surface area contributed by atoms with Crippen molar-refractivity contribution in [1.82, 2.24) is 4.90 Å². The predicted octanol–water partition coefficient (Wildman–Crippen LogP) is 2.10. The first-order valence-electron chi connectivity index (χ1n) is 9.27. The Bertz CT molecular complexity index is 919. The first-order chi connectivity index (χ1) is 14.2. The molecule has 2 bridgehead atoms. The van der Waals surface area contributed by atoms with E-state index in [0.717, 1.165) is 11.3 Å². The Morgan fingerprint density at radius 1 is 1.07 bits per heavy atom. The molecule has 1 aliphatic heterocycles. The number of nitrogens with zero attached hydrogens (tertiary/aromatic N) is 2. The number of ether oxygens (including phenoxy) is 1. The molecule has 1 saturated heterocycles. The van der Waals surface area contributed by atoms with E-state index >= 15 is 0 Å². The monoisotopic (exact) mass is 542 g/mol. The van der Waals surface area contributed by atoms with E-state index in [1.54, 1.807) is 0 Å². The minimum absolute atomic E-state index is 0.0468. The lowest BCUT2D eigenvalue weighted by molar-refractivity contribution is -0.384. The normalized spacial score (nSPS) is 31.7. The van der Waals surface area contributed by atoms with E-state index in [4.69, 9.17) is 4.74 Å². The SMILES string of the molecule is O=C(CN1C(=O)[C@@H]2[C@H]3C[C@@H]([C@H](Br)[C@H]3Br)[C@H]2C1=O)OCC(=O)c1ccc([N+](=O)[O-])cc1. The number of Topliss-reactive ketones (excluding diaryl/α,β-unsaturated/α-hetero) is 1. The third-order valence-electron chi connectivity index (χ3n) is 6.13. The molecule has 1 aromatic rings. The third-order valence-corrected chi connectivity index (χ3v) is 9.34. The van der Waals surface area contributed by atoms with E-state index < -0.39 is 41.7 Å². The molecule has 0 aromatic heterocycles. The topological polar surface area (TPSA) is 124 Å². The van der Waals surface area contributed by atoms with Crippen LogP contribution in [0.25, 0.3) is 0 Å². The van der Waals surface area contributed by atoms with Gasteiger partial charge >= 0.3 is 5.97 Å². The van der Waals surface area contributed by atoms with E-state index in [0.29, 0.717) is 0 Å². The van der Waals surface area contributed by atoms with Gasteiger partial charge in [0, 0.05) is 27.4 Å². The molecule has 2 saturated carbocycles. The summed E-state index contributed by atoms with van der Waals surface area (Å²) in [5, 5.41) is 10.7. The summed E-state index contributed by atoms with van der Waals surface area (Å²) >= 11 is 7.19. The zero-order chi connectivity index (χ0) is 21.7. The number of nitro benzene ring substituents is 1. The Kier molecular flexibility index (Phi) is 5.52. The summed E-state index contributed by atoms with van der Waals surface area (Å²) in [5.41, 5.74) is -0.00915. The maximum absolute atomic E-state index is 12.8. The van der Waals surface area contributed by atoms with Crippen molar-refractivity contribution >= 4 is 61.1 Å². The van der Waals surface area contributed by atoms with Crippen molar-refractivity contribution in [3.8, 4) is 0 Å². The number of rotatable bonds is 6. The number of hydrogen-bond donors (Lipinski definition) is 0. The number of alkyl halides is 2. The van der Waals surface area contributed by atoms with Crippen LogP contribution in [-0.4, -0.2) is 56.2 Å². The minimum atomic E-state index is -0.856. The zero-order valence-electron chi connectivity index (χ0n) is 15.4. The van der Waals surface area contributed by atoms with Gasteiger partial charge in [0.1, 0.15) is 6.54 Å². The molecule has 0 unspecified atom stereocenters. The molecule has 158 valence electrons. The number of non-ortho nitro benzene ring substituents is 1. The molecule has 3 aliphatic rings. The van der Waals surface area contributed by atoms with Gasteiger partial charge in [-0.2, -0.15) is 0 Å². The highest BCUT2D eigenvalue weighted by Gasteiger charge is 2.66. The van der Waals surface area contributed by atoms with E-state index in [9.17, 15) is 29.3 Å². The molecule has 2 aliphatic carbocycles. The molecule has 1 heterocycles. The van der Waals surface area contributed by atoms with Crippen LogP contribution in [0.4, 0.5) is 5.69 Å². The summed E-state index contributed by atoms with van der Waals surface area (Å²) in [6.45, 7) is -1.12. The molecule has 4 rings (SSSR count). The molecule has 1 aromatic carbocycles. The van der Waals surface area contributed by atoms with E-state index in [1.807, 2.05) is 0 Å². The molecule has 3 fully saturated rings. The van der Waals surface area contributed by atoms with Gasteiger partial charge in [-0.3, -0.25) is 34.2 Å². The van der Waals surface area contributed by atoms with Crippen LogP contribution in [0.2, 0.25) is 0 Å². The summed E-state index contributed by atoms with van der Waals surface area (Å²) in [6, 6.07) is 4.90. The van der Waals surface area contributed by atoms with Gasteiger partial charge < -0.3 is 4.74 Å². The first-order valence-corrected chi connectivity index (χ1v) is 11.1. The molecule has 9 nitrogen and oxygen atoms in total. The van der Waals surface area contributed by atoms with E-state index in [1.165, 1.54) is 24.3 Å². The number of likely N-dealkylation sites (tertiary alicyclic amines) is 1. The number of halogens is 2. The van der Waals surface area contributed by atoms with Gasteiger partial charge in [0.05, 0.1) is 16.8 Å². The lowest BCUT2D eigenvalue weighted by Crippen LogP contribution is -2.38. The minimum Gasteiger partial charge on any atom is -0.456 e. The van der Waals surface area contributed by atoms with Gasteiger partial charge in [-0.1, -0.05) is 31.9 Å². The quantitative estimate of drug-likeness (QED) is 0.134. The summed E-state index contributed by atoms with van der Waals surface area (Å²) in [5.74, 6) is -2.87. The second kappa shape index (κ2) is 7.84. The molecular weight excluding hydrogens is 528 g/mol. The fourth-order valence-corrected chi connectivity index (χ4v) is 6.61. The van der Waals surface area contributed by atoms with E-state index in [2.05, 4.69) is 31.9 Å². The first kappa shape index (κ1) is 21.1.